The molecule has 6 heteroatoms. The molecule has 1 aliphatic heterocycles. The molecule has 124 valence electrons. The standard InChI is InChI=1S/C17H21NO5/c1-11(2)8-13-14(19)9-18(15(13)16(20)21)17(22)23-10-12-6-4-3-5-7-12/h3-7,13-15,19H,1,8-10H2,2H3,(H,20,21). The number of aliphatic carboxylic acids is 1. The minimum absolute atomic E-state index is 0.0530. The summed E-state index contributed by atoms with van der Waals surface area (Å²) in [5, 5.41) is 19.5. The summed E-state index contributed by atoms with van der Waals surface area (Å²) in [5.74, 6) is -1.72. The highest BCUT2D eigenvalue weighted by Crippen LogP contribution is 2.30. The van der Waals surface area contributed by atoms with Gasteiger partial charge in [0.05, 0.1) is 12.6 Å². The summed E-state index contributed by atoms with van der Waals surface area (Å²) in [4.78, 5) is 24.8. The van der Waals surface area contributed by atoms with Crippen LogP contribution in [0.4, 0.5) is 4.79 Å². The van der Waals surface area contributed by atoms with Crippen LogP contribution in [0.15, 0.2) is 42.5 Å². The number of hydrogen-bond donors (Lipinski definition) is 2. The molecule has 1 fully saturated rings. The predicted octanol–water partition coefficient (Wildman–Crippen LogP) is 2.04. The van der Waals surface area contributed by atoms with Gasteiger partial charge >= 0.3 is 12.1 Å². The number of carbonyl (C=O) groups is 2. The van der Waals surface area contributed by atoms with E-state index in [1.807, 2.05) is 30.3 Å². The number of aliphatic hydroxyl groups excluding tert-OH is 1. The number of carboxylic acid groups (broad SMARTS) is 1. The first-order chi connectivity index (χ1) is 10.9. The zero-order chi connectivity index (χ0) is 17.0. The fourth-order valence-corrected chi connectivity index (χ4v) is 2.85. The van der Waals surface area contributed by atoms with Crippen molar-refractivity contribution < 1.29 is 24.5 Å². The Morgan fingerprint density at radius 1 is 1.35 bits per heavy atom. The number of rotatable bonds is 5. The number of benzene rings is 1. The zero-order valence-corrected chi connectivity index (χ0v) is 13.0. The van der Waals surface area contributed by atoms with Gasteiger partial charge in [-0.1, -0.05) is 35.9 Å². The lowest BCUT2D eigenvalue weighted by Gasteiger charge is -2.24. The molecule has 1 heterocycles. The second kappa shape index (κ2) is 7.28. The summed E-state index contributed by atoms with van der Waals surface area (Å²) >= 11 is 0. The molecule has 1 saturated heterocycles. The molecule has 0 radical (unpaired) electrons. The highest BCUT2D eigenvalue weighted by Gasteiger charge is 2.47. The minimum Gasteiger partial charge on any atom is -0.480 e. The maximum Gasteiger partial charge on any atom is 0.410 e. The van der Waals surface area contributed by atoms with Gasteiger partial charge in [-0.15, -0.1) is 6.58 Å². The average Bonchev–Trinajstić information content (AvgIpc) is 2.82. The van der Waals surface area contributed by atoms with Crippen LogP contribution in [0.25, 0.3) is 0 Å². The number of aliphatic hydroxyl groups is 1. The quantitative estimate of drug-likeness (QED) is 0.811. The van der Waals surface area contributed by atoms with Crippen LogP contribution in [0.3, 0.4) is 0 Å². The van der Waals surface area contributed by atoms with Gasteiger partial charge < -0.3 is 14.9 Å². The Hall–Kier alpha value is -2.34. The number of carboxylic acids is 1. The van der Waals surface area contributed by atoms with Crippen molar-refractivity contribution in [3.63, 3.8) is 0 Å². The van der Waals surface area contributed by atoms with Crippen LogP contribution in [0.2, 0.25) is 0 Å². The van der Waals surface area contributed by atoms with E-state index in [1.54, 1.807) is 6.92 Å². The van der Waals surface area contributed by atoms with Crippen molar-refractivity contribution in [2.24, 2.45) is 5.92 Å². The van der Waals surface area contributed by atoms with Crippen molar-refractivity contribution in [2.75, 3.05) is 6.54 Å². The van der Waals surface area contributed by atoms with E-state index in [2.05, 4.69) is 6.58 Å². The molecule has 3 unspecified atom stereocenters. The molecule has 2 N–H and O–H groups in total. The Morgan fingerprint density at radius 2 is 2.00 bits per heavy atom. The Bertz CT molecular complexity index is 586. The smallest absolute Gasteiger partial charge is 0.410 e. The lowest BCUT2D eigenvalue weighted by Crippen LogP contribution is -2.43. The van der Waals surface area contributed by atoms with E-state index in [0.29, 0.717) is 6.42 Å². The third-order valence-electron chi connectivity index (χ3n) is 3.90. The molecule has 6 nitrogen and oxygen atoms in total. The second-order valence-corrected chi connectivity index (χ2v) is 5.87. The fourth-order valence-electron chi connectivity index (χ4n) is 2.85. The van der Waals surface area contributed by atoms with Gasteiger partial charge in [0, 0.05) is 5.92 Å². The van der Waals surface area contributed by atoms with Gasteiger partial charge in [-0.3, -0.25) is 4.90 Å². The van der Waals surface area contributed by atoms with E-state index in [-0.39, 0.29) is 13.2 Å². The Labute approximate surface area is 135 Å². The van der Waals surface area contributed by atoms with Crippen LogP contribution in [-0.4, -0.2) is 45.9 Å². The summed E-state index contributed by atoms with van der Waals surface area (Å²) in [6.07, 6.45) is -1.29. The predicted molar refractivity (Wildman–Crippen MR) is 83.7 cm³/mol. The van der Waals surface area contributed by atoms with Crippen molar-refractivity contribution in [2.45, 2.75) is 32.1 Å². The third-order valence-corrected chi connectivity index (χ3v) is 3.90. The van der Waals surface area contributed by atoms with Gasteiger partial charge in [0.1, 0.15) is 12.6 Å². The second-order valence-electron chi connectivity index (χ2n) is 5.87. The van der Waals surface area contributed by atoms with Crippen LogP contribution >= 0.6 is 0 Å². The molecule has 0 aromatic heterocycles. The summed E-state index contributed by atoms with van der Waals surface area (Å²) in [6, 6.07) is 8.02. The molecule has 1 aromatic rings. The van der Waals surface area contributed by atoms with Crippen molar-refractivity contribution >= 4 is 12.1 Å². The van der Waals surface area contributed by atoms with E-state index in [0.717, 1.165) is 16.0 Å². The number of ether oxygens (including phenoxy) is 1. The first-order valence-corrected chi connectivity index (χ1v) is 7.42. The van der Waals surface area contributed by atoms with Crippen LogP contribution in [0.5, 0.6) is 0 Å². The van der Waals surface area contributed by atoms with E-state index < -0.39 is 30.1 Å². The number of carbonyl (C=O) groups excluding carboxylic acids is 1. The Kier molecular flexibility index (Phi) is 5.39. The van der Waals surface area contributed by atoms with Crippen LogP contribution in [0.1, 0.15) is 18.9 Å². The van der Waals surface area contributed by atoms with E-state index in [9.17, 15) is 19.8 Å². The number of β-amino-alcohol motifs (C(OH)–C–C–N with tert-alkyl or cyclic N) is 1. The van der Waals surface area contributed by atoms with E-state index in [4.69, 9.17) is 4.74 Å². The topological polar surface area (TPSA) is 87.1 Å². The molecular formula is C17H21NO5. The highest BCUT2D eigenvalue weighted by molar-refractivity contribution is 5.81. The van der Waals surface area contributed by atoms with Crippen molar-refractivity contribution in [3.8, 4) is 0 Å². The van der Waals surface area contributed by atoms with Crippen molar-refractivity contribution in [1.82, 2.24) is 4.90 Å². The lowest BCUT2D eigenvalue weighted by molar-refractivity contribution is -0.143. The first kappa shape index (κ1) is 17.0. The van der Waals surface area contributed by atoms with Gasteiger partial charge in [-0.05, 0) is 18.9 Å². The molecule has 0 bridgehead atoms. The van der Waals surface area contributed by atoms with Gasteiger partial charge in [0.2, 0.25) is 0 Å². The summed E-state index contributed by atoms with van der Waals surface area (Å²) in [6.45, 7) is 5.53. The van der Waals surface area contributed by atoms with E-state index in [1.165, 1.54) is 0 Å². The number of nitrogens with zero attached hydrogens (tertiary/aromatic N) is 1. The van der Waals surface area contributed by atoms with Crippen molar-refractivity contribution in [1.29, 1.82) is 0 Å². The van der Waals surface area contributed by atoms with Gasteiger partial charge in [0.15, 0.2) is 0 Å². The summed E-state index contributed by atoms with van der Waals surface area (Å²) in [7, 11) is 0. The molecule has 1 aliphatic rings. The average molecular weight is 319 g/mol. The molecule has 0 saturated carbocycles. The van der Waals surface area contributed by atoms with E-state index >= 15 is 0 Å². The lowest BCUT2D eigenvalue weighted by atomic mass is 9.91. The molecule has 3 atom stereocenters. The first-order valence-electron chi connectivity index (χ1n) is 7.42. The fraction of sp³-hybridized carbons (Fsp3) is 0.412. The Morgan fingerprint density at radius 3 is 2.57 bits per heavy atom. The number of hydrogen-bond acceptors (Lipinski definition) is 4. The van der Waals surface area contributed by atoms with Gasteiger partial charge in [-0.2, -0.15) is 0 Å². The van der Waals surface area contributed by atoms with Crippen LogP contribution < -0.4 is 0 Å². The van der Waals surface area contributed by atoms with Crippen molar-refractivity contribution in [3.05, 3.63) is 48.0 Å². The third kappa shape index (κ3) is 4.10. The highest BCUT2D eigenvalue weighted by atomic mass is 16.6. The largest absolute Gasteiger partial charge is 0.480 e. The number of allylic oxidation sites excluding steroid dienone is 1. The molecule has 1 aromatic carbocycles. The van der Waals surface area contributed by atoms with Crippen LogP contribution in [0, 0.1) is 5.92 Å². The minimum atomic E-state index is -1.15. The molecular weight excluding hydrogens is 298 g/mol. The molecule has 1 amide bonds. The number of likely N-dealkylation sites (tertiary alicyclic amines) is 1. The van der Waals surface area contributed by atoms with Gasteiger partial charge in [0.25, 0.3) is 0 Å². The monoisotopic (exact) mass is 319 g/mol. The SMILES string of the molecule is C=C(C)CC1C(O)CN(C(=O)OCc2ccccc2)C1C(=O)O. The maximum atomic E-state index is 12.2. The zero-order valence-electron chi connectivity index (χ0n) is 13.0. The normalized spacial score (nSPS) is 23.6. The summed E-state index contributed by atoms with van der Waals surface area (Å²) in [5.41, 5.74) is 1.57. The number of amides is 1. The Balaban J connectivity index is 2.06. The summed E-state index contributed by atoms with van der Waals surface area (Å²) < 4.78 is 5.18. The maximum absolute atomic E-state index is 12.2. The molecule has 23 heavy (non-hydrogen) atoms. The molecule has 2 rings (SSSR count). The van der Waals surface area contributed by atoms with Gasteiger partial charge in [-0.25, -0.2) is 9.59 Å². The van der Waals surface area contributed by atoms with Crippen LogP contribution in [-0.2, 0) is 16.1 Å². The molecule has 0 aliphatic carbocycles. The molecule has 0 spiro atoms.